The first-order chi connectivity index (χ1) is 6.02. The number of ether oxygens (including phenoxy) is 1. The number of aryl methyl sites for hydroxylation is 1. The Morgan fingerprint density at radius 2 is 1.77 bits per heavy atom. The lowest BCUT2D eigenvalue weighted by Gasteiger charge is -2.13. The van der Waals surface area contributed by atoms with Crippen molar-refractivity contribution >= 4 is 0 Å². The molecule has 0 aliphatic carbocycles. The van der Waals surface area contributed by atoms with Crippen LogP contribution in [-0.2, 0) is 0 Å². The van der Waals surface area contributed by atoms with Crippen LogP contribution in [0.1, 0.15) is 30.5 Å². The molecule has 0 N–H and O–H groups in total. The number of hydrogen-bond acceptors (Lipinski definition) is 2. The Bertz CT molecular complexity index is 305. The van der Waals surface area contributed by atoms with Crippen LogP contribution < -0.4 is 4.74 Å². The predicted octanol–water partition coefficient (Wildman–Crippen LogP) is 2.79. The van der Waals surface area contributed by atoms with Crippen LogP contribution in [0.3, 0.4) is 0 Å². The second kappa shape index (κ2) is 3.77. The molecule has 0 saturated carbocycles. The van der Waals surface area contributed by atoms with Gasteiger partial charge in [0.1, 0.15) is 0 Å². The van der Waals surface area contributed by atoms with Gasteiger partial charge in [0.05, 0.1) is 6.10 Å². The first kappa shape index (κ1) is 10.0. The molecular weight excluding hydrogens is 162 g/mol. The van der Waals surface area contributed by atoms with Gasteiger partial charge < -0.3 is 4.74 Å². The summed E-state index contributed by atoms with van der Waals surface area (Å²) in [6.45, 7) is 10.2. The van der Waals surface area contributed by atoms with E-state index >= 15 is 0 Å². The molecule has 0 saturated heterocycles. The molecule has 1 aromatic rings. The standard InChI is InChI=1S/C11H17NO/c1-7(2)13-11-10(5)9(4)8(3)6-12-11/h6-7H,1-5H3. The van der Waals surface area contributed by atoms with Crippen LogP contribution in [0.15, 0.2) is 6.20 Å². The van der Waals surface area contributed by atoms with Gasteiger partial charge in [0.2, 0.25) is 5.88 Å². The summed E-state index contributed by atoms with van der Waals surface area (Å²) in [6.07, 6.45) is 2.05. The molecule has 0 aliphatic heterocycles. The van der Waals surface area contributed by atoms with Gasteiger partial charge >= 0.3 is 0 Å². The van der Waals surface area contributed by atoms with Gasteiger partial charge in [-0.25, -0.2) is 4.98 Å². The average molecular weight is 179 g/mol. The Labute approximate surface area is 80.0 Å². The normalized spacial score (nSPS) is 10.6. The largest absolute Gasteiger partial charge is 0.475 e. The van der Waals surface area contributed by atoms with E-state index in [1.54, 1.807) is 0 Å². The smallest absolute Gasteiger partial charge is 0.216 e. The van der Waals surface area contributed by atoms with Gasteiger partial charge in [-0.15, -0.1) is 0 Å². The third-order valence-electron chi connectivity index (χ3n) is 2.20. The zero-order valence-electron chi connectivity index (χ0n) is 9.01. The Kier molecular flexibility index (Phi) is 2.91. The fourth-order valence-electron chi connectivity index (χ4n) is 1.15. The van der Waals surface area contributed by atoms with Crippen molar-refractivity contribution in [2.45, 2.75) is 40.7 Å². The van der Waals surface area contributed by atoms with Crippen molar-refractivity contribution in [1.82, 2.24) is 4.98 Å². The Hall–Kier alpha value is -1.05. The molecule has 0 amide bonds. The molecule has 0 aromatic carbocycles. The van der Waals surface area contributed by atoms with E-state index in [-0.39, 0.29) is 6.10 Å². The molecule has 0 unspecified atom stereocenters. The highest BCUT2D eigenvalue weighted by Gasteiger charge is 2.07. The molecule has 1 heterocycles. The fourth-order valence-corrected chi connectivity index (χ4v) is 1.15. The molecule has 0 atom stereocenters. The number of rotatable bonds is 2. The molecule has 0 spiro atoms. The maximum Gasteiger partial charge on any atom is 0.216 e. The van der Waals surface area contributed by atoms with Gasteiger partial charge in [0.15, 0.2) is 0 Å². The van der Waals surface area contributed by atoms with Gasteiger partial charge in [0.25, 0.3) is 0 Å². The molecule has 1 rings (SSSR count). The third-order valence-corrected chi connectivity index (χ3v) is 2.20. The van der Waals surface area contributed by atoms with Gasteiger partial charge in [-0.05, 0) is 45.7 Å². The van der Waals surface area contributed by atoms with E-state index in [0.717, 1.165) is 11.4 Å². The Morgan fingerprint density at radius 3 is 2.31 bits per heavy atom. The third kappa shape index (κ3) is 2.20. The van der Waals surface area contributed by atoms with Crippen LogP contribution >= 0.6 is 0 Å². The highest BCUT2D eigenvalue weighted by molar-refractivity contribution is 5.37. The maximum absolute atomic E-state index is 5.57. The Balaban J connectivity index is 3.04. The Morgan fingerprint density at radius 1 is 1.15 bits per heavy atom. The van der Waals surface area contributed by atoms with Crippen molar-refractivity contribution in [3.63, 3.8) is 0 Å². The van der Waals surface area contributed by atoms with Crippen LogP contribution in [0, 0.1) is 20.8 Å². The van der Waals surface area contributed by atoms with E-state index < -0.39 is 0 Å². The summed E-state index contributed by atoms with van der Waals surface area (Å²) in [6, 6.07) is 0. The molecule has 2 nitrogen and oxygen atoms in total. The summed E-state index contributed by atoms with van der Waals surface area (Å²) in [5.41, 5.74) is 3.63. The second-order valence-electron chi connectivity index (χ2n) is 3.66. The van der Waals surface area contributed by atoms with E-state index in [2.05, 4.69) is 18.8 Å². The average Bonchev–Trinajstić information content (AvgIpc) is 2.06. The monoisotopic (exact) mass is 179 g/mol. The van der Waals surface area contributed by atoms with E-state index in [9.17, 15) is 0 Å². The topological polar surface area (TPSA) is 22.1 Å². The van der Waals surface area contributed by atoms with Gasteiger partial charge in [-0.3, -0.25) is 0 Å². The summed E-state index contributed by atoms with van der Waals surface area (Å²) in [5, 5.41) is 0. The summed E-state index contributed by atoms with van der Waals surface area (Å²) in [4.78, 5) is 4.26. The van der Waals surface area contributed by atoms with Crippen molar-refractivity contribution < 1.29 is 4.74 Å². The molecule has 1 aromatic heterocycles. The number of hydrogen-bond donors (Lipinski definition) is 0. The van der Waals surface area contributed by atoms with Crippen LogP contribution in [0.2, 0.25) is 0 Å². The first-order valence-corrected chi connectivity index (χ1v) is 4.62. The van der Waals surface area contributed by atoms with Gasteiger partial charge in [0, 0.05) is 11.8 Å². The predicted molar refractivity (Wildman–Crippen MR) is 54.2 cm³/mol. The van der Waals surface area contributed by atoms with E-state index in [0.29, 0.717) is 0 Å². The maximum atomic E-state index is 5.57. The summed E-state index contributed by atoms with van der Waals surface area (Å²) < 4.78 is 5.57. The van der Waals surface area contributed by atoms with Crippen LogP contribution in [-0.4, -0.2) is 11.1 Å². The van der Waals surface area contributed by atoms with Gasteiger partial charge in [-0.2, -0.15) is 0 Å². The molecule has 0 radical (unpaired) electrons. The highest BCUT2D eigenvalue weighted by Crippen LogP contribution is 2.21. The molecule has 72 valence electrons. The van der Waals surface area contributed by atoms with Crippen LogP contribution in [0.25, 0.3) is 0 Å². The quantitative estimate of drug-likeness (QED) is 0.696. The summed E-state index contributed by atoms with van der Waals surface area (Å²) in [7, 11) is 0. The highest BCUT2D eigenvalue weighted by atomic mass is 16.5. The number of pyridine rings is 1. The zero-order chi connectivity index (χ0) is 10.0. The van der Waals surface area contributed by atoms with Crippen LogP contribution in [0.4, 0.5) is 0 Å². The number of aromatic nitrogens is 1. The molecule has 2 heteroatoms. The number of nitrogens with zero attached hydrogens (tertiary/aromatic N) is 1. The minimum absolute atomic E-state index is 0.188. The zero-order valence-corrected chi connectivity index (χ0v) is 9.01. The van der Waals surface area contributed by atoms with E-state index in [1.807, 2.05) is 27.0 Å². The summed E-state index contributed by atoms with van der Waals surface area (Å²) in [5.74, 6) is 0.762. The lowest BCUT2D eigenvalue weighted by molar-refractivity contribution is 0.230. The van der Waals surface area contributed by atoms with Crippen molar-refractivity contribution in [2.75, 3.05) is 0 Å². The van der Waals surface area contributed by atoms with Crippen molar-refractivity contribution in [3.8, 4) is 5.88 Å². The summed E-state index contributed by atoms with van der Waals surface area (Å²) >= 11 is 0. The van der Waals surface area contributed by atoms with Crippen molar-refractivity contribution in [3.05, 3.63) is 22.9 Å². The van der Waals surface area contributed by atoms with Gasteiger partial charge in [-0.1, -0.05) is 0 Å². The molecule has 0 aliphatic rings. The fraction of sp³-hybridized carbons (Fsp3) is 0.545. The molecular formula is C11H17NO. The SMILES string of the molecule is Cc1cnc(OC(C)C)c(C)c1C. The molecule has 13 heavy (non-hydrogen) atoms. The molecule has 0 fully saturated rings. The van der Waals surface area contributed by atoms with Crippen LogP contribution in [0.5, 0.6) is 5.88 Å². The lowest BCUT2D eigenvalue weighted by atomic mass is 10.1. The second-order valence-corrected chi connectivity index (χ2v) is 3.66. The van der Waals surface area contributed by atoms with E-state index in [1.165, 1.54) is 11.1 Å². The van der Waals surface area contributed by atoms with Crippen molar-refractivity contribution in [2.24, 2.45) is 0 Å². The first-order valence-electron chi connectivity index (χ1n) is 4.62. The van der Waals surface area contributed by atoms with Crippen molar-refractivity contribution in [1.29, 1.82) is 0 Å². The molecule has 0 bridgehead atoms. The minimum Gasteiger partial charge on any atom is -0.475 e. The lowest BCUT2D eigenvalue weighted by Crippen LogP contribution is -2.09. The minimum atomic E-state index is 0.188. The van der Waals surface area contributed by atoms with E-state index in [4.69, 9.17) is 4.74 Å².